The van der Waals surface area contributed by atoms with Crippen molar-refractivity contribution in [2.45, 2.75) is 104 Å². The second-order valence-corrected chi connectivity index (χ2v) is 16.1. The average molecular weight is 707 g/mol. The molecule has 0 unspecified atom stereocenters. The van der Waals surface area contributed by atoms with E-state index in [4.69, 9.17) is 9.84 Å². The Morgan fingerprint density at radius 3 is 2.32 bits per heavy atom. The van der Waals surface area contributed by atoms with Gasteiger partial charge in [0.15, 0.2) is 0 Å². The van der Waals surface area contributed by atoms with Crippen LogP contribution >= 0.6 is 0 Å². The first-order chi connectivity index (χ1) is 25.9. The van der Waals surface area contributed by atoms with Gasteiger partial charge in [-0.3, -0.25) is 4.57 Å². The number of aryl methyl sites for hydroxylation is 2. The fraction of sp³-hybridized carbons (Fsp3) is 0.404. The minimum Gasteiger partial charge on any atom is -0.457 e. The van der Waals surface area contributed by atoms with E-state index < -0.39 is 0 Å². The molecular weight excluding hydrogens is 656 g/mol. The molecule has 3 aromatic carbocycles. The van der Waals surface area contributed by atoms with Crippen LogP contribution in [0.1, 0.15) is 105 Å². The van der Waals surface area contributed by atoms with Crippen LogP contribution < -0.4 is 4.74 Å². The molecule has 9 rings (SSSR count). The zero-order valence-corrected chi connectivity index (χ0v) is 31.5. The summed E-state index contributed by atoms with van der Waals surface area (Å²) in [6.07, 6.45) is 20.5. The van der Waals surface area contributed by atoms with Crippen molar-refractivity contribution < 1.29 is 9.13 Å². The van der Waals surface area contributed by atoms with Gasteiger partial charge in [-0.15, -0.1) is 0 Å². The highest BCUT2D eigenvalue weighted by Gasteiger charge is 2.40. The summed E-state index contributed by atoms with van der Waals surface area (Å²) in [5, 5.41) is 7.47. The molecule has 53 heavy (non-hydrogen) atoms. The van der Waals surface area contributed by atoms with Crippen molar-refractivity contribution >= 4 is 21.8 Å². The van der Waals surface area contributed by atoms with Gasteiger partial charge in [-0.1, -0.05) is 81.2 Å². The van der Waals surface area contributed by atoms with Crippen LogP contribution in [0.15, 0.2) is 90.6 Å². The molecule has 3 aromatic heterocycles. The second-order valence-electron chi connectivity index (χ2n) is 16.1. The second kappa shape index (κ2) is 14.3. The molecule has 5 nitrogen and oxygen atoms in total. The number of para-hydroxylation sites is 1. The Labute approximate surface area is 312 Å². The standard InChI is InChI=1S/C47H51FN4O/c1-30-25-36(28-38(26-30)53-37-21-22-42-41-17-10-11-20-43(41)51(44(42)29-37)45-27-35(48)23-24-49-45)52-32(3)46(31(2)50-52)47-39(33-13-6-4-7-14-33)18-12-19-40(47)34-15-8-5-9-16-34/h10-11,17-18,20-29,33-34,40,47H,4-9,12-16,19H2,1-3H3/t40-,47-/m1/s1. The molecular formula is C47H51FN4O. The normalized spacial score (nSPS) is 20.3. The van der Waals surface area contributed by atoms with Crippen molar-refractivity contribution in [2.24, 2.45) is 17.8 Å². The van der Waals surface area contributed by atoms with E-state index in [2.05, 4.69) is 72.9 Å². The SMILES string of the molecule is Cc1cc(Oc2ccc3c4ccccc4n(-c4cc(F)ccn4)c3c2)cc(-n2nc(C)c([C@@H]3C(C4CCCCC4)=CCC[C@@H]3C3CCCCC3)c2C)c1. The summed E-state index contributed by atoms with van der Waals surface area (Å²) < 4.78 is 25.3. The van der Waals surface area contributed by atoms with Crippen LogP contribution in [0.5, 0.6) is 11.5 Å². The zero-order chi connectivity index (χ0) is 36.1. The molecule has 6 heteroatoms. The van der Waals surface area contributed by atoms with Gasteiger partial charge in [0.2, 0.25) is 0 Å². The van der Waals surface area contributed by atoms with E-state index in [1.54, 1.807) is 5.57 Å². The van der Waals surface area contributed by atoms with Gasteiger partial charge < -0.3 is 4.74 Å². The highest BCUT2D eigenvalue weighted by Crippen LogP contribution is 2.52. The van der Waals surface area contributed by atoms with E-state index in [0.717, 1.165) is 44.7 Å². The summed E-state index contributed by atoms with van der Waals surface area (Å²) >= 11 is 0. The Balaban J connectivity index is 1.09. The maximum Gasteiger partial charge on any atom is 0.140 e. The number of nitrogens with zero attached hydrogens (tertiary/aromatic N) is 4. The summed E-state index contributed by atoms with van der Waals surface area (Å²) in [5.41, 5.74) is 9.69. The summed E-state index contributed by atoms with van der Waals surface area (Å²) in [6.45, 7) is 6.68. The third-order valence-electron chi connectivity index (χ3n) is 12.8. The number of aromatic nitrogens is 4. The number of hydrogen-bond acceptors (Lipinski definition) is 3. The van der Waals surface area contributed by atoms with Crippen LogP contribution in [0.25, 0.3) is 33.3 Å². The van der Waals surface area contributed by atoms with Gasteiger partial charge in [-0.05, 0) is 106 Å². The van der Waals surface area contributed by atoms with E-state index in [0.29, 0.717) is 29.3 Å². The van der Waals surface area contributed by atoms with E-state index in [1.807, 2.05) is 28.8 Å². The number of allylic oxidation sites excluding steroid dienone is 2. The molecule has 6 aromatic rings. The Hall–Kier alpha value is -4.71. The number of pyridine rings is 1. The van der Waals surface area contributed by atoms with E-state index in [-0.39, 0.29) is 5.82 Å². The minimum atomic E-state index is -0.317. The van der Waals surface area contributed by atoms with Crippen molar-refractivity contribution in [1.82, 2.24) is 19.3 Å². The monoisotopic (exact) mass is 706 g/mol. The summed E-state index contributed by atoms with van der Waals surface area (Å²) in [7, 11) is 0. The minimum absolute atomic E-state index is 0.317. The topological polar surface area (TPSA) is 44.9 Å². The van der Waals surface area contributed by atoms with Crippen molar-refractivity contribution in [3.63, 3.8) is 0 Å². The number of halogens is 1. The quantitative estimate of drug-likeness (QED) is 0.155. The smallest absolute Gasteiger partial charge is 0.140 e. The molecule has 3 aliphatic rings. The lowest BCUT2D eigenvalue weighted by Crippen LogP contribution is -2.31. The molecule has 0 spiro atoms. The third-order valence-corrected chi connectivity index (χ3v) is 12.8. The van der Waals surface area contributed by atoms with Gasteiger partial charge >= 0.3 is 0 Å². The highest BCUT2D eigenvalue weighted by atomic mass is 19.1. The number of benzene rings is 3. The van der Waals surface area contributed by atoms with Crippen molar-refractivity contribution in [1.29, 1.82) is 0 Å². The largest absolute Gasteiger partial charge is 0.457 e. The third kappa shape index (κ3) is 6.38. The lowest BCUT2D eigenvalue weighted by atomic mass is 9.62. The Kier molecular flexibility index (Phi) is 9.17. The van der Waals surface area contributed by atoms with Crippen LogP contribution in [-0.4, -0.2) is 19.3 Å². The van der Waals surface area contributed by atoms with Gasteiger partial charge in [-0.25, -0.2) is 14.1 Å². The van der Waals surface area contributed by atoms with Gasteiger partial charge in [0.1, 0.15) is 23.1 Å². The van der Waals surface area contributed by atoms with E-state index in [9.17, 15) is 4.39 Å². The molecule has 0 amide bonds. The lowest BCUT2D eigenvalue weighted by molar-refractivity contribution is 0.198. The average Bonchev–Trinajstić information content (AvgIpc) is 3.67. The molecule has 3 heterocycles. The molecule has 0 saturated heterocycles. The lowest BCUT2D eigenvalue weighted by Gasteiger charge is -2.43. The summed E-state index contributed by atoms with van der Waals surface area (Å²) in [6, 6.07) is 23.6. The van der Waals surface area contributed by atoms with Crippen LogP contribution in [0.4, 0.5) is 4.39 Å². The Bertz CT molecular complexity index is 2320. The molecule has 3 aliphatic carbocycles. The van der Waals surface area contributed by atoms with E-state index in [1.165, 1.54) is 112 Å². The fourth-order valence-electron chi connectivity index (χ4n) is 10.5. The van der Waals surface area contributed by atoms with Crippen LogP contribution in [-0.2, 0) is 0 Å². The molecule has 2 atom stereocenters. The van der Waals surface area contributed by atoms with E-state index >= 15 is 0 Å². The molecule has 0 bridgehead atoms. The maximum absolute atomic E-state index is 14.4. The van der Waals surface area contributed by atoms with Gasteiger partial charge in [-0.2, -0.15) is 5.10 Å². The predicted molar refractivity (Wildman–Crippen MR) is 213 cm³/mol. The molecule has 2 fully saturated rings. The van der Waals surface area contributed by atoms with Gasteiger partial charge in [0, 0.05) is 52.3 Å². The molecule has 272 valence electrons. The first kappa shape index (κ1) is 34.1. The Morgan fingerprint density at radius 2 is 1.51 bits per heavy atom. The van der Waals surface area contributed by atoms with Crippen molar-refractivity contribution in [3.8, 4) is 23.0 Å². The summed E-state index contributed by atoms with van der Waals surface area (Å²) in [5.74, 6) is 4.40. The van der Waals surface area contributed by atoms with Crippen LogP contribution in [0.2, 0.25) is 0 Å². The van der Waals surface area contributed by atoms with Gasteiger partial charge in [0.05, 0.1) is 22.4 Å². The number of hydrogen-bond donors (Lipinski definition) is 0. The molecule has 0 N–H and O–H groups in total. The van der Waals surface area contributed by atoms with Crippen molar-refractivity contribution in [2.75, 3.05) is 0 Å². The van der Waals surface area contributed by atoms with Crippen molar-refractivity contribution in [3.05, 3.63) is 119 Å². The van der Waals surface area contributed by atoms with Gasteiger partial charge in [0.25, 0.3) is 0 Å². The number of rotatable bonds is 7. The highest BCUT2D eigenvalue weighted by molar-refractivity contribution is 6.09. The van der Waals surface area contributed by atoms with Crippen LogP contribution in [0, 0.1) is 44.3 Å². The number of fused-ring (bicyclic) bond motifs is 3. The van der Waals surface area contributed by atoms with Crippen LogP contribution in [0.3, 0.4) is 0 Å². The Morgan fingerprint density at radius 1 is 0.736 bits per heavy atom. The fourth-order valence-corrected chi connectivity index (χ4v) is 10.5. The first-order valence-corrected chi connectivity index (χ1v) is 20.1. The summed E-state index contributed by atoms with van der Waals surface area (Å²) in [4.78, 5) is 4.53. The number of ether oxygens (including phenoxy) is 1. The zero-order valence-electron chi connectivity index (χ0n) is 31.5. The maximum atomic E-state index is 14.4. The molecule has 0 radical (unpaired) electrons. The molecule has 0 aliphatic heterocycles. The molecule has 2 saturated carbocycles. The first-order valence-electron chi connectivity index (χ1n) is 20.1. The predicted octanol–water partition coefficient (Wildman–Crippen LogP) is 12.8.